The van der Waals surface area contributed by atoms with E-state index >= 15 is 0 Å². The lowest BCUT2D eigenvalue weighted by atomic mass is 10.3. The fourth-order valence-electron chi connectivity index (χ4n) is 1.38. The SMILES string of the molecule is C=CCNC(=NC)NCc1ccc(OCCC)nc1.I. The molecule has 1 heterocycles. The lowest BCUT2D eigenvalue weighted by molar-refractivity contribution is 0.305. The van der Waals surface area contributed by atoms with Crippen molar-refractivity contribution in [2.45, 2.75) is 19.9 Å². The van der Waals surface area contributed by atoms with E-state index in [0.29, 0.717) is 25.6 Å². The number of hydrogen-bond acceptors (Lipinski definition) is 3. The summed E-state index contributed by atoms with van der Waals surface area (Å²) in [6, 6.07) is 3.87. The molecule has 0 fully saturated rings. The summed E-state index contributed by atoms with van der Waals surface area (Å²) in [5.41, 5.74) is 1.07. The van der Waals surface area contributed by atoms with E-state index in [1.807, 2.05) is 12.1 Å². The topological polar surface area (TPSA) is 58.5 Å². The second kappa shape index (κ2) is 11.5. The summed E-state index contributed by atoms with van der Waals surface area (Å²) in [7, 11) is 1.73. The van der Waals surface area contributed by atoms with Gasteiger partial charge in [-0.3, -0.25) is 4.99 Å². The first kappa shape index (κ1) is 18.7. The molecule has 5 nitrogen and oxygen atoms in total. The Labute approximate surface area is 137 Å². The third-order valence-electron chi connectivity index (χ3n) is 2.35. The van der Waals surface area contributed by atoms with Crippen molar-refractivity contribution < 1.29 is 4.74 Å². The molecule has 112 valence electrons. The zero-order chi connectivity index (χ0) is 13.9. The van der Waals surface area contributed by atoms with E-state index in [0.717, 1.165) is 17.9 Å². The fraction of sp³-hybridized carbons (Fsp3) is 0.429. The molecule has 0 aromatic carbocycles. The Morgan fingerprint density at radius 3 is 2.80 bits per heavy atom. The number of rotatable bonds is 7. The van der Waals surface area contributed by atoms with E-state index in [1.54, 1.807) is 19.3 Å². The van der Waals surface area contributed by atoms with E-state index in [9.17, 15) is 0 Å². The van der Waals surface area contributed by atoms with Gasteiger partial charge in [-0.05, 0) is 12.0 Å². The van der Waals surface area contributed by atoms with Gasteiger partial charge >= 0.3 is 0 Å². The Hall–Kier alpha value is -1.31. The monoisotopic (exact) mass is 390 g/mol. The Kier molecular flexibility index (Phi) is 10.8. The molecule has 0 aliphatic heterocycles. The molecule has 0 saturated carbocycles. The molecule has 0 radical (unpaired) electrons. The predicted molar refractivity (Wildman–Crippen MR) is 93.8 cm³/mol. The molecule has 0 spiro atoms. The van der Waals surface area contributed by atoms with Crippen LogP contribution in [0, 0.1) is 0 Å². The summed E-state index contributed by atoms with van der Waals surface area (Å²) in [5.74, 6) is 1.41. The highest BCUT2D eigenvalue weighted by Crippen LogP contribution is 2.07. The summed E-state index contributed by atoms with van der Waals surface area (Å²) >= 11 is 0. The molecular weight excluding hydrogens is 367 g/mol. The van der Waals surface area contributed by atoms with Gasteiger partial charge in [-0.1, -0.05) is 19.1 Å². The highest BCUT2D eigenvalue weighted by Gasteiger charge is 1.99. The van der Waals surface area contributed by atoms with Gasteiger partial charge in [0.2, 0.25) is 5.88 Å². The van der Waals surface area contributed by atoms with Crippen molar-refractivity contribution in [3.8, 4) is 5.88 Å². The Bertz CT molecular complexity index is 406. The van der Waals surface area contributed by atoms with Crippen LogP contribution >= 0.6 is 24.0 Å². The molecule has 6 heteroatoms. The van der Waals surface area contributed by atoms with E-state index in [4.69, 9.17) is 4.74 Å². The van der Waals surface area contributed by atoms with Gasteiger partial charge < -0.3 is 15.4 Å². The van der Waals surface area contributed by atoms with Crippen molar-refractivity contribution in [2.24, 2.45) is 4.99 Å². The van der Waals surface area contributed by atoms with E-state index < -0.39 is 0 Å². The minimum atomic E-state index is 0. The van der Waals surface area contributed by atoms with Crippen LogP contribution in [0.3, 0.4) is 0 Å². The van der Waals surface area contributed by atoms with Crippen LogP contribution in [0.2, 0.25) is 0 Å². The number of aliphatic imine (C=N–C) groups is 1. The van der Waals surface area contributed by atoms with Crippen molar-refractivity contribution in [1.82, 2.24) is 15.6 Å². The maximum absolute atomic E-state index is 5.43. The molecule has 0 aliphatic carbocycles. The number of nitrogens with zero attached hydrogens (tertiary/aromatic N) is 2. The van der Waals surface area contributed by atoms with Crippen molar-refractivity contribution in [3.63, 3.8) is 0 Å². The smallest absolute Gasteiger partial charge is 0.213 e. The molecule has 1 aromatic rings. The number of nitrogens with one attached hydrogen (secondary N) is 2. The minimum Gasteiger partial charge on any atom is -0.478 e. The van der Waals surface area contributed by atoms with E-state index in [-0.39, 0.29) is 24.0 Å². The summed E-state index contributed by atoms with van der Waals surface area (Å²) in [6.45, 7) is 7.76. The average Bonchev–Trinajstić information content (AvgIpc) is 2.46. The van der Waals surface area contributed by atoms with Gasteiger partial charge in [0.05, 0.1) is 6.61 Å². The van der Waals surface area contributed by atoms with Crippen LogP contribution in [-0.4, -0.2) is 31.1 Å². The first-order valence-electron chi connectivity index (χ1n) is 6.43. The maximum atomic E-state index is 5.43. The highest BCUT2D eigenvalue weighted by atomic mass is 127. The molecule has 0 amide bonds. The number of ether oxygens (including phenoxy) is 1. The van der Waals surface area contributed by atoms with E-state index in [2.05, 4.69) is 34.1 Å². The molecule has 2 N–H and O–H groups in total. The van der Waals surface area contributed by atoms with Crippen molar-refractivity contribution >= 4 is 29.9 Å². The van der Waals surface area contributed by atoms with Gasteiger partial charge in [-0.15, -0.1) is 30.6 Å². The average molecular weight is 390 g/mol. The first-order chi connectivity index (χ1) is 9.30. The number of pyridine rings is 1. The second-order valence-corrected chi connectivity index (χ2v) is 3.95. The Morgan fingerprint density at radius 2 is 2.25 bits per heavy atom. The third-order valence-corrected chi connectivity index (χ3v) is 2.35. The first-order valence-corrected chi connectivity index (χ1v) is 6.43. The molecule has 0 aliphatic rings. The molecular formula is C14H23IN4O. The van der Waals surface area contributed by atoms with Crippen molar-refractivity contribution in [1.29, 1.82) is 0 Å². The van der Waals surface area contributed by atoms with Gasteiger partial charge in [-0.2, -0.15) is 0 Å². The largest absolute Gasteiger partial charge is 0.478 e. The summed E-state index contributed by atoms with van der Waals surface area (Å²) in [5, 5.41) is 6.30. The predicted octanol–water partition coefficient (Wildman–Crippen LogP) is 2.34. The van der Waals surface area contributed by atoms with Crippen LogP contribution in [0.15, 0.2) is 36.0 Å². The van der Waals surface area contributed by atoms with Gasteiger partial charge in [0.25, 0.3) is 0 Å². The lowest BCUT2D eigenvalue weighted by Crippen LogP contribution is -2.36. The highest BCUT2D eigenvalue weighted by molar-refractivity contribution is 14.0. The minimum absolute atomic E-state index is 0. The fourth-order valence-corrected chi connectivity index (χ4v) is 1.38. The molecule has 1 rings (SSSR count). The van der Waals surface area contributed by atoms with Crippen molar-refractivity contribution in [3.05, 3.63) is 36.5 Å². The van der Waals surface area contributed by atoms with Gasteiger partial charge in [0.15, 0.2) is 5.96 Å². The number of hydrogen-bond donors (Lipinski definition) is 2. The summed E-state index contributed by atoms with van der Waals surface area (Å²) in [4.78, 5) is 8.34. The number of halogens is 1. The Morgan fingerprint density at radius 1 is 1.45 bits per heavy atom. The number of guanidine groups is 1. The summed E-state index contributed by atoms with van der Waals surface area (Å²) < 4.78 is 5.43. The number of aromatic nitrogens is 1. The van der Waals surface area contributed by atoms with Crippen LogP contribution in [0.5, 0.6) is 5.88 Å². The normalized spacial score (nSPS) is 10.4. The van der Waals surface area contributed by atoms with E-state index in [1.165, 1.54) is 0 Å². The van der Waals surface area contributed by atoms with Gasteiger partial charge in [0.1, 0.15) is 0 Å². The zero-order valence-corrected chi connectivity index (χ0v) is 14.4. The van der Waals surface area contributed by atoms with Crippen LogP contribution < -0.4 is 15.4 Å². The second-order valence-electron chi connectivity index (χ2n) is 3.95. The van der Waals surface area contributed by atoms with Gasteiger partial charge in [0, 0.05) is 32.4 Å². The molecule has 1 aromatic heterocycles. The summed E-state index contributed by atoms with van der Waals surface area (Å²) in [6.07, 6.45) is 4.57. The zero-order valence-electron chi connectivity index (χ0n) is 12.1. The Balaban J connectivity index is 0.00000361. The van der Waals surface area contributed by atoms with Crippen LogP contribution in [-0.2, 0) is 6.54 Å². The quantitative estimate of drug-likeness (QED) is 0.325. The van der Waals surface area contributed by atoms with Crippen molar-refractivity contribution in [2.75, 3.05) is 20.2 Å². The molecule has 0 atom stereocenters. The van der Waals surface area contributed by atoms with Gasteiger partial charge in [-0.25, -0.2) is 4.98 Å². The standard InChI is InChI=1S/C14H22N4O.HI/c1-4-8-16-14(15-3)18-11-12-6-7-13(17-10-12)19-9-5-2;/h4,6-7,10H,1,5,8-9,11H2,2-3H3,(H2,15,16,18);1H. The molecule has 0 bridgehead atoms. The third kappa shape index (κ3) is 7.32. The maximum Gasteiger partial charge on any atom is 0.213 e. The van der Waals surface area contributed by atoms with Crippen LogP contribution in [0.1, 0.15) is 18.9 Å². The van der Waals surface area contributed by atoms with Crippen LogP contribution in [0.25, 0.3) is 0 Å². The molecule has 20 heavy (non-hydrogen) atoms. The lowest BCUT2D eigenvalue weighted by Gasteiger charge is -2.10. The van der Waals surface area contributed by atoms with Crippen LogP contribution in [0.4, 0.5) is 0 Å². The molecule has 0 unspecified atom stereocenters. The molecule has 0 saturated heterocycles.